The molecule has 2 N–H and O–H groups in total. The Hall–Kier alpha value is -1.69. The zero-order valence-electron chi connectivity index (χ0n) is 10.4. The number of hydrogen-bond acceptors (Lipinski definition) is 5. The molecular formula is C12H16N4OS. The van der Waals surface area contributed by atoms with Crippen molar-refractivity contribution in [3.8, 4) is 0 Å². The van der Waals surface area contributed by atoms with Gasteiger partial charge >= 0.3 is 0 Å². The quantitative estimate of drug-likeness (QED) is 0.865. The van der Waals surface area contributed by atoms with Crippen LogP contribution in [-0.2, 0) is 4.79 Å². The average molecular weight is 264 g/mol. The molecule has 0 atom stereocenters. The molecule has 0 spiro atoms. The highest BCUT2D eigenvalue weighted by Gasteiger charge is 2.07. The van der Waals surface area contributed by atoms with Gasteiger partial charge in [-0.05, 0) is 17.4 Å². The second-order valence-corrected chi connectivity index (χ2v) is 5.32. The number of hydrogen-bond donors (Lipinski definition) is 2. The number of carbonyl (C=O) groups excluding carboxylic acids is 1. The van der Waals surface area contributed by atoms with E-state index in [9.17, 15) is 4.79 Å². The molecule has 0 saturated carbocycles. The first kappa shape index (κ1) is 12.8. The summed E-state index contributed by atoms with van der Waals surface area (Å²) in [6, 6.07) is 1.94. The van der Waals surface area contributed by atoms with Gasteiger partial charge in [-0.15, -0.1) is 11.3 Å². The van der Waals surface area contributed by atoms with Crippen molar-refractivity contribution in [2.24, 2.45) is 5.92 Å². The SMILES string of the molecule is CC(C)CNC(=O)CNc1ncnc2ccsc12. The number of fused-ring (bicyclic) bond motifs is 1. The van der Waals surface area contributed by atoms with Gasteiger partial charge in [0.05, 0.1) is 16.8 Å². The maximum Gasteiger partial charge on any atom is 0.239 e. The molecule has 0 fully saturated rings. The molecule has 0 radical (unpaired) electrons. The minimum Gasteiger partial charge on any atom is -0.360 e. The molecule has 6 heteroatoms. The van der Waals surface area contributed by atoms with Gasteiger partial charge in [-0.25, -0.2) is 9.97 Å². The third kappa shape index (κ3) is 3.16. The number of aromatic nitrogens is 2. The molecule has 2 heterocycles. The Kier molecular flexibility index (Phi) is 4.09. The summed E-state index contributed by atoms with van der Waals surface area (Å²) in [5, 5.41) is 7.86. The lowest BCUT2D eigenvalue weighted by molar-refractivity contribution is -0.119. The Balaban J connectivity index is 1.94. The molecule has 0 unspecified atom stereocenters. The van der Waals surface area contributed by atoms with Gasteiger partial charge in [-0.3, -0.25) is 4.79 Å². The summed E-state index contributed by atoms with van der Waals surface area (Å²) in [5.41, 5.74) is 0.903. The number of amides is 1. The first-order valence-corrected chi connectivity index (χ1v) is 6.73. The Morgan fingerprint density at radius 1 is 1.44 bits per heavy atom. The van der Waals surface area contributed by atoms with E-state index in [0.717, 1.165) is 16.0 Å². The van der Waals surface area contributed by atoms with E-state index in [1.165, 1.54) is 6.33 Å². The third-order valence-electron chi connectivity index (χ3n) is 2.37. The maximum atomic E-state index is 11.6. The minimum absolute atomic E-state index is 0.0213. The standard InChI is InChI=1S/C12H16N4OS/c1-8(2)5-13-10(17)6-14-12-11-9(3-4-18-11)15-7-16-12/h3-4,7-8H,5-6H2,1-2H3,(H,13,17)(H,14,15,16). The molecule has 5 nitrogen and oxygen atoms in total. The zero-order valence-corrected chi connectivity index (χ0v) is 11.3. The molecule has 1 amide bonds. The van der Waals surface area contributed by atoms with Crippen LogP contribution in [0.25, 0.3) is 10.2 Å². The number of carbonyl (C=O) groups is 1. The van der Waals surface area contributed by atoms with E-state index in [1.807, 2.05) is 11.4 Å². The molecule has 2 rings (SSSR count). The highest BCUT2D eigenvalue weighted by molar-refractivity contribution is 7.17. The van der Waals surface area contributed by atoms with Crippen LogP contribution in [0.1, 0.15) is 13.8 Å². The molecule has 96 valence electrons. The summed E-state index contributed by atoms with van der Waals surface area (Å²) < 4.78 is 0.981. The summed E-state index contributed by atoms with van der Waals surface area (Å²) in [4.78, 5) is 19.9. The molecule has 0 bridgehead atoms. The Labute approximate surface area is 110 Å². The smallest absolute Gasteiger partial charge is 0.239 e. The number of nitrogens with zero attached hydrogens (tertiary/aromatic N) is 2. The fourth-order valence-corrected chi connectivity index (χ4v) is 2.27. The van der Waals surface area contributed by atoms with E-state index in [0.29, 0.717) is 12.5 Å². The van der Waals surface area contributed by atoms with Crippen molar-refractivity contribution in [3.63, 3.8) is 0 Å². The van der Waals surface area contributed by atoms with E-state index in [-0.39, 0.29) is 12.5 Å². The second-order valence-electron chi connectivity index (χ2n) is 4.41. The van der Waals surface area contributed by atoms with Crippen LogP contribution in [0.5, 0.6) is 0 Å². The number of rotatable bonds is 5. The van der Waals surface area contributed by atoms with Crippen molar-refractivity contribution in [2.75, 3.05) is 18.4 Å². The second kappa shape index (κ2) is 5.77. The normalized spacial score (nSPS) is 10.8. The molecule has 2 aromatic rings. The Bertz CT molecular complexity index is 538. The molecular weight excluding hydrogens is 248 g/mol. The third-order valence-corrected chi connectivity index (χ3v) is 3.28. The van der Waals surface area contributed by atoms with Crippen LogP contribution in [0.15, 0.2) is 17.8 Å². The van der Waals surface area contributed by atoms with Crippen molar-refractivity contribution >= 4 is 33.3 Å². The molecule has 0 aliphatic heterocycles. The van der Waals surface area contributed by atoms with Gasteiger partial charge < -0.3 is 10.6 Å². The van der Waals surface area contributed by atoms with E-state index in [4.69, 9.17) is 0 Å². The summed E-state index contributed by atoms with van der Waals surface area (Å²) in [7, 11) is 0. The van der Waals surface area contributed by atoms with Crippen molar-refractivity contribution in [1.29, 1.82) is 0 Å². The van der Waals surface area contributed by atoms with Gasteiger partial charge in [0, 0.05) is 6.54 Å². The largest absolute Gasteiger partial charge is 0.360 e. The van der Waals surface area contributed by atoms with E-state index >= 15 is 0 Å². The first-order valence-electron chi connectivity index (χ1n) is 5.85. The lowest BCUT2D eigenvalue weighted by atomic mass is 10.2. The summed E-state index contributed by atoms with van der Waals surface area (Å²) in [6.07, 6.45) is 1.50. The molecule has 0 aromatic carbocycles. The van der Waals surface area contributed by atoms with Gasteiger partial charge in [-0.1, -0.05) is 13.8 Å². The van der Waals surface area contributed by atoms with Crippen LogP contribution >= 0.6 is 11.3 Å². The van der Waals surface area contributed by atoms with E-state index < -0.39 is 0 Å². The number of thiophene rings is 1. The molecule has 0 aliphatic carbocycles. The summed E-state index contributed by atoms with van der Waals surface area (Å²) in [6.45, 7) is 5.05. The fourth-order valence-electron chi connectivity index (χ4n) is 1.46. The fraction of sp³-hybridized carbons (Fsp3) is 0.417. The van der Waals surface area contributed by atoms with Gasteiger partial charge in [0.1, 0.15) is 12.1 Å². The van der Waals surface area contributed by atoms with Crippen LogP contribution in [0.2, 0.25) is 0 Å². The highest BCUT2D eigenvalue weighted by Crippen LogP contribution is 2.24. The van der Waals surface area contributed by atoms with Crippen molar-refractivity contribution in [1.82, 2.24) is 15.3 Å². The topological polar surface area (TPSA) is 66.9 Å². The van der Waals surface area contributed by atoms with Crippen LogP contribution in [0.3, 0.4) is 0 Å². The highest BCUT2D eigenvalue weighted by atomic mass is 32.1. The van der Waals surface area contributed by atoms with E-state index in [2.05, 4.69) is 34.4 Å². The van der Waals surface area contributed by atoms with Crippen LogP contribution in [-0.4, -0.2) is 29.0 Å². The lowest BCUT2D eigenvalue weighted by Gasteiger charge is -2.09. The number of anilines is 1. The predicted molar refractivity (Wildman–Crippen MR) is 73.8 cm³/mol. The van der Waals surface area contributed by atoms with Gasteiger partial charge in [0.25, 0.3) is 0 Å². The Morgan fingerprint density at radius 2 is 2.28 bits per heavy atom. The van der Waals surface area contributed by atoms with Crippen molar-refractivity contribution in [2.45, 2.75) is 13.8 Å². The molecule has 0 aliphatic rings. The van der Waals surface area contributed by atoms with Gasteiger partial charge in [0.2, 0.25) is 5.91 Å². The monoisotopic (exact) mass is 264 g/mol. The van der Waals surface area contributed by atoms with Gasteiger partial charge in [0.15, 0.2) is 0 Å². The molecule has 0 saturated heterocycles. The summed E-state index contributed by atoms with van der Waals surface area (Å²) >= 11 is 1.56. The molecule has 2 aromatic heterocycles. The van der Waals surface area contributed by atoms with Crippen molar-refractivity contribution < 1.29 is 4.79 Å². The first-order chi connectivity index (χ1) is 8.66. The predicted octanol–water partition coefficient (Wildman–Crippen LogP) is 1.88. The average Bonchev–Trinajstić information content (AvgIpc) is 2.82. The lowest BCUT2D eigenvalue weighted by Crippen LogP contribution is -2.32. The van der Waals surface area contributed by atoms with E-state index in [1.54, 1.807) is 11.3 Å². The van der Waals surface area contributed by atoms with Crippen LogP contribution in [0, 0.1) is 5.92 Å². The number of nitrogens with one attached hydrogen (secondary N) is 2. The van der Waals surface area contributed by atoms with Gasteiger partial charge in [-0.2, -0.15) is 0 Å². The summed E-state index contributed by atoms with van der Waals surface area (Å²) in [5.74, 6) is 1.15. The minimum atomic E-state index is -0.0213. The Morgan fingerprint density at radius 3 is 3.06 bits per heavy atom. The zero-order chi connectivity index (χ0) is 13.0. The van der Waals surface area contributed by atoms with Crippen LogP contribution in [0.4, 0.5) is 5.82 Å². The van der Waals surface area contributed by atoms with Crippen LogP contribution < -0.4 is 10.6 Å². The molecule has 18 heavy (non-hydrogen) atoms. The maximum absolute atomic E-state index is 11.6. The van der Waals surface area contributed by atoms with Crippen molar-refractivity contribution in [3.05, 3.63) is 17.8 Å².